The highest BCUT2D eigenvalue weighted by atomic mass is 32.2. The minimum atomic E-state index is -0.370. The van der Waals surface area contributed by atoms with Gasteiger partial charge in [0.05, 0.1) is 5.56 Å². The minimum Gasteiger partial charge on any atom is -0.423 e. The maximum absolute atomic E-state index is 12.2. The van der Waals surface area contributed by atoms with Crippen molar-refractivity contribution in [1.82, 2.24) is 9.97 Å². The zero-order valence-corrected chi connectivity index (χ0v) is 15.6. The third kappa shape index (κ3) is 4.61. The maximum atomic E-state index is 12.2. The van der Waals surface area contributed by atoms with Crippen molar-refractivity contribution in [3.63, 3.8) is 0 Å². The Kier molecular flexibility index (Phi) is 5.53. The van der Waals surface area contributed by atoms with Crippen LogP contribution in [0, 0.1) is 13.8 Å². The van der Waals surface area contributed by atoms with Gasteiger partial charge in [-0.25, -0.2) is 14.8 Å². The fourth-order valence-electron chi connectivity index (χ4n) is 2.39. The lowest BCUT2D eigenvalue weighted by Gasteiger charge is -2.09. The fourth-order valence-corrected chi connectivity index (χ4v) is 2.81. The predicted molar refractivity (Wildman–Crippen MR) is 104 cm³/mol. The summed E-state index contributed by atoms with van der Waals surface area (Å²) in [5.41, 5.74) is 3.30. The molecule has 0 unspecified atom stereocenters. The molecule has 0 amide bonds. The molecule has 0 atom stereocenters. The van der Waals surface area contributed by atoms with E-state index >= 15 is 0 Å². The average molecular weight is 365 g/mol. The molecule has 3 rings (SSSR count). The van der Waals surface area contributed by atoms with Crippen molar-refractivity contribution in [2.24, 2.45) is 0 Å². The van der Waals surface area contributed by atoms with Gasteiger partial charge in [-0.3, -0.25) is 0 Å². The Bertz CT molecular complexity index is 927. The first-order valence-electron chi connectivity index (χ1n) is 8.09. The second kappa shape index (κ2) is 8.01. The van der Waals surface area contributed by atoms with Crippen molar-refractivity contribution in [3.05, 3.63) is 71.4 Å². The SMILES string of the molecule is CSc1nc(C)cc(Nc2ccc(OC(=O)c3cccc(C)c3)cc2)n1. The number of carbonyl (C=O) groups excluding carboxylic acids is 1. The van der Waals surface area contributed by atoms with Gasteiger partial charge in [0.2, 0.25) is 0 Å². The maximum Gasteiger partial charge on any atom is 0.343 e. The Morgan fingerprint density at radius 1 is 1.04 bits per heavy atom. The van der Waals surface area contributed by atoms with Gasteiger partial charge in [-0.15, -0.1) is 0 Å². The second-order valence-corrected chi connectivity index (χ2v) is 6.56. The molecule has 0 fully saturated rings. The van der Waals surface area contributed by atoms with Gasteiger partial charge in [0.15, 0.2) is 5.16 Å². The van der Waals surface area contributed by atoms with Gasteiger partial charge in [-0.05, 0) is 56.5 Å². The molecule has 0 aliphatic carbocycles. The summed E-state index contributed by atoms with van der Waals surface area (Å²) in [7, 11) is 0. The number of hydrogen-bond acceptors (Lipinski definition) is 6. The van der Waals surface area contributed by atoms with E-state index in [4.69, 9.17) is 4.74 Å². The van der Waals surface area contributed by atoms with E-state index in [1.54, 1.807) is 24.3 Å². The Balaban J connectivity index is 1.69. The number of esters is 1. The molecule has 5 nitrogen and oxygen atoms in total. The van der Waals surface area contributed by atoms with Crippen molar-refractivity contribution < 1.29 is 9.53 Å². The summed E-state index contributed by atoms with van der Waals surface area (Å²) in [6, 6.07) is 16.4. The summed E-state index contributed by atoms with van der Waals surface area (Å²) in [4.78, 5) is 20.9. The molecule has 0 saturated carbocycles. The fraction of sp³-hybridized carbons (Fsp3) is 0.150. The number of aryl methyl sites for hydroxylation is 2. The van der Waals surface area contributed by atoms with E-state index in [-0.39, 0.29) is 5.97 Å². The standard InChI is InChI=1S/C20H19N3O2S/c1-13-5-4-6-15(11-13)19(24)25-17-9-7-16(8-10-17)22-18-12-14(2)21-20(23-18)26-3/h4-12H,1-3H3,(H,21,22,23). The van der Waals surface area contributed by atoms with E-state index < -0.39 is 0 Å². The smallest absolute Gasteiger partial charge is 0.343 e. The van der Waals surface area contributed by atoms with Crippen LogP contribution in [0.3, 0.4) is 0 Å². The van der Waals surface area contributed by atoms with Crippen molar-refractivity contribution in [2.75, 3.05) is 11.6 Å². The van der Waals surface area contributed by atoms with E-state index in [0.717, 1.165) is 27.9 Å². The summed E-state index contributed by atoms with van der Waals surface area (Å²) in [6.07, 6.45) is 1.94. The van der Waals surface area contributed by atoms with Crippen LogP contribution in [0.25, 0.3) is 0 Å². The molecule has 0 aliphatic rings. The van der Waals surface area contributed by atoms with E-state index in [0.29, 0.717) is 11.3 Å². The van der Waals surface area contributed by atoms with Crippen molar-refractivity contribution >= 4 is 29.2 Å². The molecule has 26 heavy (non-hydrogen) atoms. The minimum absolute atomic E-state index is 0.370. The van der Waals surface area contributed by atoms with Gasteiger partial charge >= 0.3 is 5.97 Å². The number of nitrogens with one attached hydrogen (secondary N) is 1. The summed E-state index contributed by atoms with van der Waals surface area (Å²) in [5, 5.41) is 3.95. The monoisotopic (exact) mass is 365 g/mol. The molecule has 1 N–H and O–H groups in total. The Labute approximate surface area is 156 Å². The number of carbonyl (C=O) groups is 1. The van der Waals surface area contributed by atoms with Crippen LogP contribution in [0.4, 0.5) is 11.5 Å². The van der Waals surface area contributed by atoms with E-state index in [2.05, 4.69) is 15.3 Å². The Morgan fingerprint density at radius 2 is 1.81 bits per heavy atom. The molecule has 2 aromatic carbocycles. The van der Waals surface area contributed by atoms with Crippen LogP contribution >= 0.6 is 11.8 Å². The first-order chi connectivity index (χ1) is 12.5. The van der Waals surface area contributed by atoms with Crippen LogP contribution in [0.15, 0.2) is 59.8 Å². The van der Waals surface area contributed by atoms with E-state index in [9.17, 15) is 4.79 Å². The predicted octanol–water partition coefficient (Wildman–Crippen LogP) is 4.78. The highest BCUT2D eigenvalue weighted by Gasteiger charge is 2.09. The van der Waals surface area contributed by atoms with Crippen LogP contribution in [0.5, 0.6) is 5.75 Å². The van der Waals surface area contributed by atoms with Gasteiger partial charge in [0.25, 0.3) is 0 Å². The normalized spacial score (nSPS) is 10.4. The number of aromatic nitrogens is 2. The van der Waals surface area contributed by atoms with Gasteiger partial charge in [-0.1, -0.05) is 29.5 Å². The van der Waals surface area contributed by atoms with Gasteiger partial charge < -0.3 is 10.1 Å². The lowest BCUT2D eigenvalue weighted by molar-refractivity contribution is 0.0734. The lowest BCUT2D eigenvalue weighted by Crippen LogP contribution is -2.08. The zero-order chi connectivity index (χ0) is 18.5. The zero-order valence-electron chi connectivity index (χ0n) is 14.8. The molecule has 0 saturated heterocycles. The van der Waals surface area contributed by atoms with Gasteiger partial charge in [-0.2, -0.15) is 0 Å². The van der Waals surface area contributed by atoms with Crippen LogP contribution in [0.1, 0.15) is 21.6 Å². The Hall–Kier alpha value is -2.86. The van der Waals surface area contributed by atoms with Crippen LogP contribution in [-0.2, 0) is 0 Å². The van der Waals surface area contributed by atoms with Crippen molar-refractivity contribution in [2.45, 2.75) is 19.0 Å². The number of anilines is 2. The quantitative estimate of drug-likeness (QED) is 0.304. The number of rotatable bonds is 5. The topological polar surface area (TPSA) is 64.1 Å². The van der Waals surface area contributed by atoms with Crippen molar-refractivity contribution in [3.8, 4) is 5.75 Å². The summed E-state index contributed by atoms with van der Waals surface area (Å²) >= 11 is 1.50. The molecular formula is C20H19N3O2S. The first kappa shape index (κ1) is 17.9. The highest BCUT2D eigenvalue weighted by Crippen LogP contribution is 2.21. The van der Waals surface area contributed by atoms with Gasteiger partial charge in [0.1, 0.15) is 11.6 Å². The summed E-state index contributed by atoms with van der Waals surface area (Å²) < 4.78 is 5.42. The molecule has 0 bridgehead atoms. The van der Waals surface area contributed by atoms with E-state index in [1.807, 2.05) is 50.4 Å². The molecule has 0 aliphatic heterocycles. The number of thioether (sulfide) groups is 1. The van der Waals surface area contributed by atoms with E-state index in [1.165, 1.54) is 11.8 Å². The molecule has 0 radical (unpaired) electrons. The third-order valence-electron chi connectivity index (χ3n) is 3.61. The van der Waals surface area contributed by atoms with Crippen LogP contribution < -0.4 is 10.1 Å². The molecule has 0 spiro atoms. The third-order valence-corrected chi connectivity index (χ3v) is 4.16. The first-order valence-corrected chi connectivity index (χ1v) is 9.31. The number of nitrogens with zero attached hydrogens (tertiary/aromatic N) is 2. The summed E-state index contributed by atoms with van der Waals surface area (Å²) in [6.45, 7) is 3.87. The van der Waals surface area contributed by atoms with Crippen molar-refractivity contribution in [1.29, 1.82) is 0 Å². The highest BCUT2D eigenvalue weighted by molar-refractivity contribution is 7.98. The number of ether oxygens (including phenoxy) is 1. The average Bonchev–Trinajstić information content (AvgIpc) is 2.63. The number of benzene rings is 2. The molecule has 3 aromatic rings. The van der Waals surface area contributed by atoms with Crippen LogP contribution in [0.2, 0.25) is 0 Å². The summed E-state index contributed by atoms with van der Waals surface area (Å²) in [5.74, 6) is 0.850. The van der Waals surface area contributed by atoms with Gasteiger partial charge in [0, 0.05) is 17.4 Å². The second-order valence-electron chi connectivity index (χ2n) is 5.79. The van der Waals surface area contributed by atoms with Crippen LogP contribution in [-0.4, -0.2) is 22.2 Å². The molecule has 1 aromatic heterocycles. The molecular weight excluding hydrogens is 346 g/mol. The Morgan fingerprint density at radius 3 is 2.50 bits per heavy atom. The molecule has 6 heteroatoms. The largest absolute Gasteiger partial charge is 0.423 e. The number of hydrogen-bond donors (Lipinski definition) is 1. The molecule has 132 valence electrons. The molecule has 1 heterocycles. The lowest BCUT2D eigenvalue weighted by atomic mass is 10.1.